The normalized spacial score (nSPS) is 12.0. The van der Waals surface area contributed by atoms with Crippen molar-refractivity contribution in [2.45, 2.75) is 19.5 Å². The molecule has 2 aromatic carbocycles. The third-order valence-electron chi connectivity index (χ3n) is 4.75. The van der Waals surface area contributed by atoms with E-state index in [0.29, 0.717) is 16.3 Å². The number of hydrogen-bond acceptors (Lipinski definition) is 5. The molecule has 1 atom stereocenters. The van der Waals surface area contributed by atoms with Gasteiger partial charge in [-0.2, -0.15) is 0 Å². The van der Waals surface area contributed by atoms with Crippen molar-refractivity contribution in [3.63, 3.8) is 0 Å². The standard InChI is InChI=1S/C21H26ClN3O5S/c1-15(21(27)23-2)24(13-16-9-5-6-10-17(16)22)20(26)14-25(31(4,28)29)18-11-7-8-12-19(18)30-3/h5-12,15H,13-14H2,1-4H3,(H,23,27)/t15-/m0/s1. The summed E-state index contributed by atoms with van der Waals surface area (Å²) in [6.07, 6.45) is 1.01. The highest BCUT2D eigenvalue weighted by Gasteiger charge is 2.31. The maximum atomic E-state index is 13.3. The molecule has 0 unspecified atom stereocenters. The summed E-state index contributed by atoms with van der Waals surface area (Å²) in [6, 6.07) is 12.6. The summed E-state index contributed by atoms with van der Waals surface area (Å²) in [6.45, 7) is 1.10. The molecule has 0 heterocycles. The minimum absolute atomic E-state index is 0.0383. The van der Waals surface area contributed by atoms with Crippen LogP contribution in [0, 0.1) is 0 Å². The van der Waals surface area contributed by atoms with Gasteiger partial charge in [0.2, 0.25) is 21.8 Å². The molecule has 168 valence electrons. The lowest BCUT2D eigenvalue weighted by molar-refractivity contribution is -0.139. The SMILES string of the molecule is CNC(=O)[C@H](C)N(Cc1ccccc1Cl)C(=O)CN(c1ccccc1OC)S(C)(=O)=O. The van der Waals surface area contributed by atoms with Gasteiger partial charge >= 0.3 is 0 Å². The molecule has 0 aromatic heterocycles. The molecule has 1 N–H and O–H groups in total. The zero-order valence-corrected chi connectivity index (χ0v) is 19.4. The number of likely N-dealkylation sites (N-methyl/N-ethyl adjacent to an activating group) is 1. The predicted molar refractivity (Wildman–Crippen MR) is 121 cm³/mol. The Hall–Kier alpha value is -2.78. The van der Waals surface area contributed by atoms with Gasteiger partial charge in [-0.3, -0.25) is 13.9 Å². The summed E-state index contributed by atoms with van der Waals surface area (Å²) >= 11 is 6.24. The number of nitrogens with one attached hydrogen (secondary N) is 1. The summed E-state index contributed by atoms with van der Waals surface area (Å²) < 4.78 is 31.3. The Kier molecular flexibility index (Phi) is 8.29. The lowest BCUT2D eigenvalue weighted by Gasteiger charge is -2.31. The Bertz CT molecular complexity index is 1040. The Labute approximate surface area is 187 Å². The molecule has 2 aromatic rings. The number of anilines is 1. The first-order valence-corrected chi connectivity index (χ1v) is 11.7. The number of methoxy groups -OCH3 is 1. The second kappa shape index (κ2) is 10.5. The van der Waals surface area contributed by atoms with Crippen molar-refractivity contribution < 1.29 is 22.7 Å². The van der Waals surface area contributed by atoms with Crippen LogP contribution in [-0.2, 0) is 26.2 Å². The molecule has 0 fully saturated rings. The van der Waals surface area contributed by atoms with Crippen LogP contribution in [0.1, 0.15) is 12.5 Å². The van der Waals surface area contributed by atoms with Gasteiger partial charge < -0.3 is 15.0 Å². The van der Waals surface area contributed by atoms with Gasteiger partial charge in [-0.1, -0.05) is 41.9 Å². The number of nitrogens with zero attached hydrogens (tertiary/aromatic N) is 2. The molecule has 0 spiro atoms. The first kappa shape index (κ1) is 24.5. The number of hydrogen-bond donors (Lipinski definition) is 1. The van der Waals surface area contributed by atoms with Crippen molar-refractivity contribution in [3.8, 4) is 5.75 Å². The molecular formula is C21H26ClN3O5S. The van der Waals surface area contributed by atoms with Crippen molar-refractivity contribution in [3.05, 3.63) is 59.1 Å². The number of sulfonamides is 1. The lowest BCUT2D eigenvalue weighted by Crippen LogP contribution is -2.50. The highest BCUT2D eigenvalue weighted by molar-refractivity contribution is 7.92. The van der Waals surface area contributed by atoms with E-state index in [1.54, 1.807) is 55.5 Å². The van der Waals surface area contributed by atoms with Crippen molar-refractivity contribution in [1.29, 1.82) is 0 Å². The van der Waals surface area contributed by atoms with Crippen molar-refractivity contribution in [2.75, 3.05) is 31.3 Å². The third kappa shape index (κ3) is 6.11. The Morgan fingerprint density at radius 1 is 1.13 bits per heavy atom. The van der Waals surface area contributed by atoms with Crippen molar-refractivity contribution in [2.24, 2.45) is 0 Å². The van der Waals surface area contributed by atoms with Gasteiger partial charge in [-0.15, -0.1) is 0 Å². The van der Waals surface area contributed by atoms with E-state index in [1.165, 1.54) is 19.1 Å². The number of benzene rings is 2. The smallest absolute Gasteiger partial charge is 0.244 e. The van der Waals surface area contributed by atoms with Gasteiger partial charge in [-0.25, -0.2) is 8.42 Å². The van der Waals surface area contributed by atoms with Crippen LogP contribution in [-0.4, -0.2) is 58.1 Å². The molecule has 2 amide bonds. The van der Waals surface area contributed by atoms with Gasteiger partial charge in [0, 0.05) is 18.6 Å². The molecule has 0 saturated carbocycles. The summed E-state index contributed by atoms with van der Waals surface area (Å²) in [5.41, 5.74) is 0.864. The number of ether oxygens (including phenoxy) is 1. The van der Waals surface area contributed by atoms with Crippen LogP contribution in [0.5, 0.6) is 5.75 Å². The molecule has 0 aliphatic rings. The fourth-order valence-electron chi connectivity index (χ4n) is 3.03. The van der Waals surface area contributed by atoms with Crippen LogP contribution in [0.15, 0.2) is 48.5 Å². The minimum Gasteiger partial charge on any atom is -0.495 e. The van der Waals surface area contributed by atoms with Crippen LogP contribution >= 0.6 is 11.6 Å². The lowest BCUT2D eigenvalue weighted by atomic mass is 10.1. The van der Waals surface area contributed by atoms with E-state index >= 15 is 0 Å². The zero-order chi connectivity index (χ0) is 23.2. The highest BCUT2D eigenvalue weighted by Crippen LogP contribution is 2.29. The maximum Gasteiger partial charge on any atom is 0.244 e. The Morgan fingerprint density at radius 3 is 2.32 bits per heavy atom. The molecular weight excluding hydrogens is 442 g/mol. The topological polar surface area (TPSA) is 96.0 Å². The molecule has 0 radical (unpaired) electrons. The van der Waals surface area contributed by atoms with Crippen LogP contribution in [0.25, 0.3) is 0 Å². The Morgan fingerprint density at radius 2 is 1.74 bits per heavy atom. The van der Waals surface area contributed by atoms with Crippen molar-refractivity contribution in [1.82, 2.24) is 10.2 Å². The van der Waals surface area contributed by atoms with E-state index < -0.39 is 28.5 Å². The first-order valence-electron chi connectivity index (χ1n) is 9.45. The summed E-state index contributed by atoms with van der Waals surface area (Å²) in [4.78, 5) is 26.9. The maximum absolute atomic E-state index is 13.3. The zero-order valence-electron chi connectivity index (χ0n) is 17.8. The monoisotopic (exact) mass is 467 g/mol. The van der Waals surface area contributed by atoms with Gasteiger partial charge in [-0.05, 0) is 30.7 Å². The molecule has 31 heavy (non-hydrogen) atoms. The number of para-hydroxylation sites is 2. The van der Waals surface area contributed by atoms with Crippen LogP contribution < -0.4 is 14.4 Å². The minimum atomic E-state index is -3.83. The molecule has 2 rings (SSSR count). The van der Waals surface area contributed by atoms with E-state index in [4.69, 9.17) is 16.3 Å². The molecule has 0 bridgehead atoms. The quantitative estimate of drug-likeness (QED) is 0.610. The van der Waals surface area contributed by atoms with Crippen molar-refractivity contribution >= 4 is 39.1 Å². The van der Waals surface area contributed by atoms with Crippen LogP contribution in [0.3, 0.4) is 0 Å². The van der Waals surface area contributed by atoms with Crippen LogP contribution in [0.2, 0.25) is 5.02 Å². The number of carbonyl (C=O) groups is 2. The predicted octanol–water partition coefficient (Wildman–Crippen LogP) is 2.28. The first-order chi connectivity index (χ1) is 14.6. The average molecular weight is 468 g/mol. The van der Waals surface area contributed by atoms with Gasteiger partial charge in [0.05, 0.1) is 19.1 Å². The number of rotatable bonds is 9. The molecule has 0 aliphatic heterocycles. The number of carbonyl (C=O) groups excluding carboxylic acids is 2. The second-order valence-electron chi connectivity index (χ2n) is 6.84. The van der Waals surface area contributed by atoms with Gasteiger partial charge in [0.25, 0.3) is 0 Å². The van der Waals surface area contributed by atoms with Gasteiger partial charge in [0.15, 0.2) is 0 Å². The molecule has 8 nitrogen and oxygen atoms in total. The largest absolute Gasteiger partial charge is 0.495 e. The van der Waals surface area contributed by atoms with Crippen LogP contribution in [0.4, 0.5) is 5.69 Å². The van der Waals surface area contributed by atoms with E-state index in [9.17, 15) is 18.0 Å². The fourth-order valence-corrected chi connectivity index (χ4v) is 4.08. The van der Waals surface area contributed by atoms with E-state index in [-0.39, 0.29) is 18.1 Å². The van der Waals surface area contributed by atoms with E-state index in [1.807, 2.05) is 0 Å². The summed E-state index contributed by atoms with van der Waals surface area (Å²) in [7, 11) is -0.950. The molecule has 0 saturated heterocycles. The number of halogens is 1. The number of amides is 2. The third-order valence-corrected chi connectivity index (χ3v) is 6.24. The van der Waals surface area contributed by atoms with Gasteiger partial charge in [0.1, 0.15) is 18.3 Å². The van der Waals surface area contributed by atoms with E-state index in [2.05, 4.69) is 5.32 Å². The fraction of sp³-hybridized carbons (Fsp3) is 0.333. The van der Waals surface area contributed by atoms with E-state index in [0.717, 1.165) is 10.6 Å². The summed E-state index contributed by atoms with van der Waals surface area (Å²) in [5.74, 6) is -0.645. The molecule has 0 aliphatic carbocycles. The average Bonchev–Trinajstić information content (AvgIpc) is 2.74. The molecule has 10 heteroatoms. The highest BCUT2D eigenvalue weighted by atomic mass is 35.5. The second-order valence-corrected chi connectivity index (χ2v) is 9.16. The summed E-state index contributed by atoms with van der Waals surface area (Å²) in [5, 5.41) is 2.96. The Balaban J connectivity index is 2.44.